The maximum absolute atomic E-state index is 13.3. The third-order valence-electron chi connectivity index (χ3n) is 6.90. The van der Waals surface area contributed by atoms with Gasteiger partial charge in [-0.25, -0.2) is 9.78 Å². The number of hydrogen-bond donors (Lipinski definition) is 1. The summed E-state index contributed by atoms with van der Waals surface area (Å²) >= 11 is 0. The second-order valence-corrected chi connectivity index (χ2v) is 9.28. The van der Waals surface area contributed by atoms with E-state index in [2.05, 4.69) is 9.97 Å². The van der Waals surface area contributed by atoms with E-state index in [0.29, 0.717) is 36.6 Å². The zero-order valence-electron chi connectivity index (χ0n) is 20.7. The molecule has 8 nitrogen and oxygen atoms in total. The number of aromatic nitrogens is 3. The van der Waals surface area contributed by atoms with Gasteiger partial charge in [0.2, 0.25) is 0 Å². The van der Waals surface area contributed by atoms with Crippen LogP contribution in [0.3, 0.4) is 0 Å². The number of amides is 1. The van der Waals surface area contributed by atoms with Crippen LogP contribution in [0.15, 0.2) is 67.0 Å². The van der Waals surface area contributed by atoms with Gasteiger partial charge in [-0.3, -0.25) is 4.79 Å². The van der Waals surface area contributed by atoms with Crippen molar-refractivity contribution >= 4 is 28.4 Å². The molecule has 4 heterocycles. The molecule has 0 bridgehead atoms. The molecule has 0 spiro atoms. The Hall–Kier alpha value is -4.59. The van der Waals surface area contributed by atoms with Crippen molar-refractivity contribution in [3.05, 3.63) is 101 Å². The molecule has 0 fully saturated rings. The Morgan fingerprint density at radius 2 is 1.89 bits per heavy atom. The molecular weight excluding hydrogens is 468 g/mol. The minimum Gasteiger partial charge on any atom is -0.487 e. The third kappa shape index (κ3) is 4.20. The second-order valence-electron chi connectivity index (χ2n) is 9.28. The minimum absolute atomic E-state index is 0.0356. The van der Waals surface area contributed by atoms with E-state index in [9.17, 15) is 9.59 Å². The number of pyridine rings is 1. The van der Waals surface area contributed by atoms with Crippen LogP contribution < -0.4 is 4.74 Å². The maximum atomic E-state index is 13.3. The number of esters is 1. The van der Waals surface area contributed by atoms with Gasteiger partial charge in [0.1, 0.15) is 18.0 Å². The largest absolute Gasteiger partial charge is 0.487 e. The molecule has 1 amide bonds. The summed E-state index contributed by atoms with van der Waals surface area (Å²) in [5.74, 6) is 0.268. The maximum Gasteiger partial charge on any atom is 0.337 e. The molecular formula is C29H26N4O4. The molecule has 2 aromatic carbocycles. The number of nitrogens with zero attached hydrogens (tertiary/aromatic N) is 3. The fraction of sp³-hybridized carbons (Fsp3) is 0.207. The second kappa shape index (κ2) is 9.13. The molecule has 0 atom stereocenters. The molecule has 1 N–H and O–H groups in total. The Labute approximate surface area is 213 Å². The molecule has 0 radical (unpaired) electrons. The summed E-state index contributed by atoms with van der Waals surface area (Å²) in [5.41, 5.74) is 7.07. The molecule has 0 saturated heterocycles. The number of aryl methyl sites for hydroxylation is 1. The van der Waals surface area contributed by atoms with Gasteiger partial charge in [0.05, 0.1) is 18.4 Å². The number of rotatable bonds is 5. The quantitative estimate of drug-likeness (QED) is 0.358. The van der Waals surface area contributed by atoms with E-state index in [4.69, 9.17) is 9.47 Å². The van der Waals surface area contributed by atoms with E-state index < -0.39 is 0 Å². The Bertz CT molecular complexity index is 1650. The summed E-state index contributed by atoms with van der Waals surface area (Å²) in [6.45, 7) is 3.47. The van der Waals surface area contributed by atoms with Crippen LogP contribution in [0, 0.1) is 6.92 Å². The molecule has 0 saturated carbocycles. The van der Waals surface area contributed by atoms with E-state index in [1.807, 2.05) is 65.0 Å². The summed E-state index contributed by atoms with van der Waals surface area (Å²) < 4.78 is 12.8. The molecule has 8 heteroatoms. The van der Waals surface area contributed by atoms with Crippen molar-refractivity contribution in [1.82, 2.24) is 19.3 Å². The molecule has 186 valence electrons. The molecule has 6 rings (SSSR count). The Morgan fingerprint density at radius 1 is 1.08 bits per heavy atom. The average Bonchev–Trinajstić information content (AvgIpc) is 3.52. The van der Waals surface area contributed by atoms with Crippen LogP contribution in [0.2, 0.25) is 0 Å². The number of hydrogen-bond acceptors (Lipinski definition) is 5. The lowest BCUT2D eigenvalue weighted by molar-refractivity contribution is 0.0600. The van der Waals surface area contributed by atoms with E-state index in [-0.39, 0.29) is 11.9 Å². The topological polar surface area (TPSA) is 88.9 Å². The van der Waals surface area contributed by atoms with Crippen molar-refractivity contribution in [2.24, 2.45) is 0 Å². The van der Waals surface area contributed by atoms with E-state index in [0.717, 1.165) is 45.5 Å². The standard InChI is InChI=1S/C29H26N4O4/c1-18-4-3-12-32-15-21(30-27(18)32)17-37-22-8-5-19(6-9-22)28(34)33-13-11-26-24(16-33)23-14-20(29(35)36-2)7-10-25(23)31-26/h3-10,12,14-15,31H,11,13,16-17H2,1-2H3. The lowest BCUT2D eigenvalue weighted by Gasteiger charge is -2.27. The van der Waals surface area contributed by atoms with Crippen LogP contribution in [0.25, 0.3) is 16.6 Å². The summed E-state index contributed by atoms with van der Waals surface area (Å²) in [7, 11) is 1.37. The van der Waals surface area contributed by atoms with Crippen LogP contribution in [-0.4, -0.2) is 44.8 Å². The van der Waals surface area contributed by atoms with Crippen molar-refractivity contribution in [1.29, 1.82) is 0 Å². The van der Waals surface area contributed by atoms with E-state index in [1.165, 1.54) is 7.11 Å². The van der Waals surface area contributed by atoms with Crippen molar-refractivity contribution in [2.75, 3.05) is 13.7 Å². The first-order valence-electron chi connectivity index (χ1n) is 12.2. The molecule has 0 aliphatic carbocycles. The zero-order valence-corrected chi connectivity index (χ0v) is 20.7. The lowest BCUT2D eigenvalue weighted by Crippen LogP contribution is -2.35. The summed E-state index contributed by atoms with van der Waals surface area (Å²) in [6.07, 6.45) is 4.66. The van der Waals surface area contributed by atoms with Gasteiger partial charge in [-0.15, -0.1) is 0 Å². The van der Waals surface area contributed by atoms with Crippen LogP contribution in [-0.2, 0) is 24.3 Å². The smallest absolute Gasteiger partial charge is 0.337 e. The highest BCUT2D eigenvalue weighted by molar-refractivity contribution is 5.97. The van der Waals surface area contributed by atoms with Gasteiger partial charge >= 0.3 is 5.97 Å². The van der Waals surface area contributed by atoms with Gasteiger partial charge in [0, 0.05) is 59.6 Å². The highest BCUT2D eigenvalue weighted by atomic mass is 16.5. The van der Waals surface area contributed by atoms with Crippen molar-refractivity contribution in [2.45, 2.75) is 26.5 Å². The Kier molecular flexibility index (Phi) is 5.64. The van der Waals surface area contributed by atoms with Crippen molar-refractivity contribution in [3.63, 3.8) is 0 Å². The number of carbonyl (C=O) groups excluding carboxylic acids is 2. The number of imidazole rings is 1. The number of nitrogens with one attached hydrogen (secondary N) is 1. The number of benzene rings is 2. The number of H-pyrrole nitrogens is 1. The average molecular weight is 495 g/mol. The summed E-state index contributed by atoms with van der Waals surface area (Å²) in [5, 5.41) is 0.946. The van der Waals surface area contributed by atoms with Gasteiger partial charge in [-0.05, 0) is 61.0 Å². The monoisotopic (exact) mass is 494 g/mol. The summed E-state index contributed by atoms with van der Waals surface area (Å²) in [4.78, 5) is 35.2. The van der Waals surface area contributed by atoms with Gasteiger partial charge in [-0.1, -0.05) is 6.07 Å². The molecule has 0 unspecified atom stereocenters. The third-order valence-corrected chi connectivity index (χ3v) is 6.90. The SMILES string of the molecule is COC(=O)c1ccc2[nH]c3c(c2c1)CN(C(=O)c1ccc(OCc2cn4cccc(C)c4n2)cc1)CC3. The number of aromatic amines is 1. The normalized spacial score (nSPS) is 13.1. The number of ether oxygens (including phenoxy) is 2. The van der Waals surface area contributed by atoms with Gasteiger partial charge in [-0.2, -0.15) is 0 Å². The van der Waals surface area contributed by atoms with E-state index in [1.54, 1.807) is 18.2 Å². The fourth-order valence-electron chi connectivity index (χ4n) is 4.94. The first kappa shape index (κ1) is 22.8. The van der Waals surface area contributed by atoms with Crippen molar-refractivity contribution < 1.29 is 19.1 Å². The molecule has 5 aromatic rings. The molecule has 1 aliphatic heterocycles. The number of fused-ring (bicyclic) bond motifs is 4. The van der Waals surface area contributed by atoms with Crippen LogP contribution in [0.1, 0.15) is 43.2 Å². The van der Waals surface area contributed by atoms with Crippen molar-refractivity contribution in [3.8, 4) is 5.75 Å². The van der Waals surface area contributed by atoms with E-state index >= 15 is 0 Å². The van der Waals surface area contributed by atoms with Gasteiger partial charge < -0.3 is 23.8 Å². The van der Waals surface area contributed by atoms with Crippen LogP contribution >= 0.6 is 0 Å². The lowest BCUT2D eigenvalue weighted by atomic mass is 10.0. The van der Waals surface area contributed by atoms with Gasteiger partial charge in [0.15, 0.2) is 0 Å². The van der Waals surface area contributed by atoms with Gasteiger partial charge in [0.25, 0.3) is 5.91 Å². The molecule has 37 heavy (non-hydrogen) atoms. The summed E-state index contributed by atoms with van der Waals surface area (Å²) in [6, 6.07) is 16.7. The highest BCUT2D eigenvalue weighted by Crippen LogP contribution is 2.29. The first-order chi connectivity index (χ1) is 18.0. The minimum atomic E-state index is -0.376. The Morgan fingerprint density at radius 3 is 2.68 bits per heavy atom. The van der Waals surface area contributed by atoms with Crippen LogP contribution in [0.5, 0.6) is 5.75 Å². The predicted octanol–water partition coefficient (Wildman–Crippen LogP) is 4.69. The number of carbonyl (C=O) groups is 2. The Balaban J connectivity index is 1.15. The predicted molar refractivity (Wildman–Crippen MR) is 139 cm³/mol. The highest BCUT2D eigenvalue weighted by Gasteiger charge is 2.25. The molecule has 3 aromatic heterocycles. The number of methoxy groups -OCH3 is 1. The first-order valence-corrected chi connectivity index (χ1v) is 12.2. The van der Waals surface area contributed by atoms with Crippen LogP contribution in [0.4, 0.5) is 0 Å². The zero-order chi connectivity index (χ0) is 25.5. The fourth-order valence-corrected chi connectivity index (χ4v) is 4.94. The molecule has 1 aliphatic rings.